The third kappa shape index (κ3) is 4.68. The van der Waals surface area contributed by atoms with Gasteiger partial charge in [0.15, 0.2) is 0 Å². The maximum atomic E-state index is 4.59. The third-order valence-electron chi connectivity index (χ3n) is 4.67. The average Bonchev–Trinajstić information content (AvgIpc) is 3.43. The van der Waals surface area contributed by atoms with E-state index in [1.807, 2.05) is 54.7 Å². The lowest BCUT2D eigenvalue weighted by Gasteiger charge is -1.95. The minimum Gasteiger partial charge on any atom is -0.349 e. The van der Waals surface area contributed by atoms with Gasteiger partial charge in [0, 0.05) is 16.5 Å². The highest BCUT2D eigenvalue weighted by Crippen LogP contribution is 2.40. The summed E-state index contributed by atoms with van der Waals surface area (Å²) < 4.78 is 1.23. The molecule has 3 heterocycles. The zero-order chi connectivity index (χ0) is 20.9. The highest BCUT2D eigenvalue weighted by atomic mass is 32.2. The highest BCUT2D eigenvalue weighted by molar-refractivity contribution is 8.03. The van der Waals surface area contributed by atoms with Gasteiger partial charge < -0.3 is 5.32 Å². The number of fused-ring (bicyclic) bond motifs is 3. The number of anilines is 1. The van der Waals surface area contributed by atoms with E-state index < -0.39 is 0 Å². The van der Waals surface area contributed by atoms with Crippen molar-refractivity contribution in [3.63, 3.8) is 0 Å². The second-order valence-electron chi connectivity index (χ2n) is 6.83. The van der Waals surface area contributed by atoms with Gasteiger partial charge in [0.05, 0.1) is 26.4 Å². The molecule has 2 aromatic heterocycles. The van der Waals surface area contributed by atoms with E-state index in [0.29, 0.717) is 0 Å². The maximum Gasteiger partial charge on any atom is 0.117 e. The van der Waals surface area contributed by atoms with Gasteiger partial charge in [-0.15, -0.1) is 11.3 Å². The molecule has 6 rings (SSSR count). The molecule has 0 unspecified atom stereocenters. The van der Waals surface area contributed by atoms with Crippen LogP contribution in [0, 0.1) is 0 Å². The number of thioether (sulfide) groups is 1. The fourth-order valence-electron chi connectivity index (χ4n) is 3.21. The van der Waals surface area contributed by atoms with E-state index in [9.17, 15) is 0 Å². The van der Waals surface area contributed by atoms with Crippen LogP contribution < -0.4 is 5.32 Å². The Morgan fingerprint density at radius 2 is 1.55 bits per heavy atom. The molecular weight excluding hydrogens is 418 g/mol. The molecular formula is C26H19N3S2. The van der Waals surface area contributed by atoms with Crippen LogP contribution in [0.15, 0.2) is 113 Å². The van der Waals surface area contributed by atoms with E-state index in [0.717, 1.165) is 21.1 Å². The molecule has 0 radical (unpaired) electrons. The largest absolute Gasteiger partial charge is 0.349 e. The van der Waals surface area contributed by atoms with Gasteiger partial charge in [0.25, 0.3) is 0 Å². The number of allylic oxidation sites excluding steroid dienone is 2. The van der Waals surface area contributed by atoms with Crippen molar-refractivity contribution in [3.8, 4) is 0 Å². The van der Waals surface area contributed by atoms with Gasteiger partial charge in [-0.3, -0.25) is 4.98 Å². The van der Waals surface area contributed by atoms with Gasteiger partial charge in [-0.05, 0) is 48.6 Å². The van der Waals surface area contributed by atoms with Crippen molar-refractivity contribution in [2.24, 2.45) is 0 Å². The number of nitrogens with zero attached hydrogens (tertiary/aromatic N) is 2. The van der Waals surface area contributed by atoms with Crippen molar-refractivity contribution >= 4 is 56.0 Å². The summed E-state index contributed by atoms with van der Waals surface area (Å²) >= 11 is 3.47. The number of pyridine rings is 1. The topological polar surface area (TPSA) is 37.8 Å². The summed E-state index contributed by atoms with van der Waals surface area (Å²) in [6, 6.07) is 28.6. The Kier molecular flexibility index (Phi) is 5.78. The van der Waals surface area contributed by atoms with Crippen molar-refractivity contribution in [1.82, 2.24) is 9.97 Å². The third-order valence-corrected chi connectivity index (χ3v) is 6.71. The lowest BCUT2D eigenvalue weighted by Crippen LogP contribution is -1.86. The highest BCUT2D eigenvalue weighted by Gasteiger charge is 2.13. The van der Waals surface area contributed by atoms with E-state index in [1.54, 1.807) is 23.1 Å². The molecule has 3 nitrogen and oxygen atoms in total. The molecule has 1 N–H and O–H groups in total. The fraction of sp³-hybridized carbons (Fsp3) is 0. The van der Waals surface area contributed by atoms with Gasteiger partial charge in [0.2, 0.25) is 0 Å². The van der Waals surface area contributed by atoms with Crippen LogP contribution >= 0.6 is 23.1 Å². The number of thiazole rings is 1. The molecule has 31 heavy (non-hydrogen) atoms. The predicted molar refractivity (Wildman–Crippen MR) is 134 cm³/mol. The van der Waals surface area contributed by atoms with Crippen molar-refractivity contribution in [2.45, 2.75) is 4.90 Å². The quantitative estimate of drug-likeness (QED) is 0.308. The second-order valence-corrected chi connectivity index (χ2v) is 8.98. The van der Waals surface area contributed by atoms with Crippen molar-refractivity contribution < 1.29 is 0 Å². The number of hydrogen-bond donors (Lipinski definition) is 1. The van der Waals surface area contributed by atoms with Crippen LogP contribution in [0.1, 0.15) is 5.01 Å². The van der Waals surface area contributed by atoms with Crippen molar-refractivity contribution in [3.05, 3.63) is 113 Å². The van der Waals surface area contributed by atoms with Gasteiger partial charge in [0.1, 0.15) is 5.01 Å². The molecule has 150 valence electrons. The molecule has 0 saturated heterocycles. The average molecular weight is 438 g/mol. The SMILES string of the molecule is C(=Cc1nc2ccccc2s1)C=C1Nc2ccccc2S1.c1ccc2ncccc2c1. The first kappa shape index (κ1) is 19.5. The van der Waals surface area contributed by atoms with Gasteiger partial charge in [-0.2, -0.15) is 0 Å². The normalized spacial score (nSPS) is 13.9. The summed E-state index contributed by atoms with van der Waals surface area (Å²) in [7, 11) is 0. The van der Waals surface area contributed by atoms with Crippen molar-refractivity contribution in [1.29, 1.82) is 0 Å². The van der Waals surface area contributed by atoms with E-state index in [2.05, 4.69) is 69.9 Å². The number of hydrogen-bond acceptors (Lipinski definition) is 5. The molecule has 0 atom stereocenters. The fourth-order valence-corrected chi connectivity index (χ4v) is 5.01. The number of aromatic nitrogens is 2. The minimum atomic E-state index is 1.04. The number of rotatable bonds is 2. The standard InChI is InChI=1S/C17H12N2S2.C9H7N/c1-3-8-14-12(6-1)18-16(20-14)10-5-11-17-19-13-7-2-4-9-15(13)21-17;1-2-6-9-8(4-1)5-3-7-10-9/h1-11,18H;1-7H. The van der Waals surface area contributed by atoms with Crippen molar-refractivity contribution in [2.75, 3.05) is 5.32 Å². The van der Waals surface area contributed by atoms with Crippen LogP contribution in [0.4, 0.5) is 5.69 Å². The zero-order valence-electron chi connectivity index (χ0n) is 16.6. The molecule has 3 aromatic carbocycles. The van der Waals surface area contributed by atoms with Gasteiger partial charge >= 0.3 is 0 Å². The first-order valence-corrected chi connectivity index (χ1v) is 11.6. The summed E-state index contributed by atoms with van der Waals surface area (Å²) in [4.78, 5) is 10.0. The van der Waals surface area contributed by atoms with Gasteiger partial charge in [-0.1, -0.05) is 66.4 Å². The Morgan fingerprint density at radius 3 is 2.42 bits per heavy atom. The van der Waals surface area contributed by atoms with Crippen LogP contribution in [0.2, 0.25) is 0 Å². The van der Waals surface area contributed by atoms with E-state index >= 15 is 0 Å². The lowest BCUT2D eigenvalue weighted by molar-refractivity contribution is 1.41. The lowest BCUT2D eigenvalue weighted by atomic mass is 10.2. The molecule has 0 fully saturated rings. The molecule has 0 bridgehead atoms. The first-order chi connectivity index (χ1) is 15.3. The van der Waals surface area contributed by atoms with Crippen LogP contribution in [0.5, 0.6) is 0 Å². The minimum absolute atomic E-state index is 1.04. The Morgan fingerprint density at radius 1 is 0.774 bits per heavy atom. The summed E-state index contributed by atoms with van der Waals surface area (Å²) in [5, 5.41) is 6.78. The van der Waals surface area contributed by atoms with E-state index in [1.165, 1.54) is 20.7 Å². The predicted octanol–water partition coefficient (Wildman–Crippen LogP) is 7.60. The van der Waals surface area contributed by atoms with Crippen LogP contribution in [0.25, 0.3) is 27.2 Å². The Labute approximate surface area is 189 Å². The summed E-state index contributed by atoms with van der Waals surface area (Å²) in [5.41, 5.74) is 3.31. The molecule has 5 heteroatoms. The Bertz CT molecular complexity index is 1280. The molecule has 0 amide bonds. The number of para-hydroxylation sites is 3. The van der Waals surface area contributed by atoms with Crippen LogP contribution in [-0.2, 0) is 0 Å². The van der Waals surface area contributed by atoms with Crippen LogP contribution in [0.3, 0.4) is 0 Å². The van der Waals surface area contributed by atoms with E-state index in [4.69, 9.17) is 0 Å². The number of nitrogens with one attached hydrogen (secondary N) is 1. The van der Waals surface area contributed by atoms with Crippen LogP contribution in [-0.4, -0.2) is 9.97 Å². The Hall–Kier alpha value is -3.41. The first-order valence-electron chi connectivity index (χ1n) is 9.93. The Balaban J connectivity index is 0.000000171. The monoisotopic (exact) mass is 437 g/mol. The molecule has 0 spiro atoms. The molecule has 0 saturated carbocycles. The van der Waals surface area contributed by atoms with Gasteiger partial charge in [-0.25, -0.2) is 4.98 Å². The summed E-state index contributed by atoms with van der Waals surface area (Å²) in [6.07, 6.45) is 8.01. The number of benzene rings is 3. The maximum absolute atomic E-state index is 4.59. The molecule has 1 aliphatic heterocycles. The zero-order valence-corrected chi connectivity index (χ0v) is 18.2. The molecule has 1 aliphatic rings. The second kappa shape index (κ2) is 9.16. The summed E-state index contributed by atoms with van der Waals surface area (Å²) in [6.45, 7) is 0. The smallest absolute Gasteiger partial charge is 0.117 e. The summed E-state index contributed by atoms with van der Waals surface area (Å²) in [5.74, 6) is 0. The van der Waals surface area contributed by atoms with E-state index in [-0.39, 0.29) is 0 Å². The molecule has 0 aliphatic carbocycles. The molecule has 5 aromatic rings.